The number of para-hydroxylation sites is 2. The third-order valence-electron chi connectivity index (χ3n) is 9.92. The second kappa shape index (κ2) is 24.0. The molecule has 2 heterocycles. The normalized spacial score (nSPS) is 11.6. The number of nitrogens with zero attached hydrogens (tertiary/aromatic N) is 6. The van der Waals surface area contributed by atoms with Crippen LogP contribution in [0.3, 0.4) is 0 Å². The summed E-state index contributed by atoms with van der Waals surface area (Å²) in [5.74, 6) is 1.53. The third kappa shape index (κ3) is 14.4. The Hall–Kier alpha value is -6.74. The summed E-state index contributed by atoms with van der Waals surface area (Å²) in [5, 5.41) is 19.1. The van der Waals surface area contributed by atoms with Crippen LogP contribution in [0.5, 0.6) is 0 Å². The molecule has 6 aromatic rings. The van der Waals surface area contributed by atoms with Crippen molar-refractivity contribution in [2.75, 3.05) is 59.2 Å². The Kier molecular flexibility index (Phi) is 17.7. The van der Waals surface area contributed by atoms with E-state index in [1.807, 2.05) is 60.7 Å². The summed E-state index contributed by atoms with van der Waals surface area (Å²) in [4.78, 5) is 26.9. The molecule has 348 valence electrons. The lowest BCUT2D eigenvalue weighted by molar-refractivity contribution is 0.396. The molecule has 0 aliphatic heterocycles. The molecule has 0 spiro atoms. The SMILES string of the molecule is CCCCCCNc1nc(Nc2ccccc2)nc(Nc2ccc(C=Cc3ccc(Nc4nc(NCCCCCC)nc(Nc5ccccc5)n4)cc3S(=O)(=O)OC)c(S(=O)(=O)OC)c2)n1. The molecule has 4 aromatic carbocycles. The van der Waals surface area contributed by atoms with Crippen molar-refractivity contribution in [3.63, 3.8) is 0 Å². The first-order chi connectivity index (χ1) is 32.0. The van der Waals surface area contributed by atoms with Gasteiger partial charge >= 0.3 is 0 Å². The Morgan fingerprint density at radius 3 is 1.14 bits per heavy atom. The summed E-state index contributed by atoms with van der Waals surface area (Å²) in [7, 11) is -6.48. The largest absolute Gasteiger partial charge is 0.354 e. The van der Waals surface area contributed by atoms with Crippen molar-refractivity contribution in [2.45, 2.75) is 75.0 Å². The van der Waals surface area contributed by atoms with Gasteiger partial charge in [-0.05, 0) is 72.5 Å². The minimum Gasteiger partial charge on any atom is -0.354 e. The Balaban J connectivity index is 1.28. The van der Waals surface area contributed by atoms with Gasteiger partial charge in [0.1, 0.15) is 9.79 Å². The van der Waals surface area contributed by atoms with E-state index in [-0.39, 0.29) is 44.7 Å². The van der Waals surface area contributed by atoms with Crippen molar-refractivity contribution < 1.29 is 25.2 Å². The minimum absolute atomic E-state index is 0.155. The van der Waals surface area contributed by atoms with Crippen molar-refractivity contribution in [3.05, 3.63) is 108 Å². The van der Waals surface area contributed by atoms with Crippen molar-refractivity contribution in [1.82, 2.24) is 29.9 Å². The van der Waals surface area contributed by atoms with Gasteiger partial charge in [-0.3, -0.25) is 8.37 Å². The summed E-state index contributed by atoms with van der Waals surface area (Å²) in [6, 6.07) is 28.0. The summed E-state index contributed by atoms with van der Waals surface area (Å²) < 4.78 is 63.5. The van der Waals surface area contributed by atoms with Crippen LogP contribution < -0.4 is 31.9 Å². The molecule has 0 saturated carbocycles. The van der Waals surface area contributed by atoms with Crippen molar-refractivity contribution >= 4 is 90.8 Å². The van der Waals surface area contributed by atoms with E-state index in [9.17, 15) is 16.8 Å². The molecule has 0 radical (unpaired) electrons. The standard InChI is InChI=1S/C46H56N12O6S2/c1-5-7-9-17-29-47-41-53-43(49-35-19-13-11-14-20-35)57-45(55-41)51-37-27-25-33(39(31-37)65(59,60)63-3)23-24-34-26-28-38(32-40(34)66(61,62)64-4)52-46-56-42(48-30-18-10-8-6-2)54-44(58-46)50-36-21-15-12-16-22-36/h11-16,19-28,31-32H,5-10,17-18,29-30H2,1-4H3,(H3,47,49,51,53,55,57)(H3,48,50,52,54,56,58). The highest BCUT2D eigenvalue weighted by atomic mass is 32.2. The average molecular weight is 937 g/mol. The molecule has 0 bridgehead atoms. The molecule has 20 heteroatoms. The Labute approximate surface area is 386 Å². The van der Waals surface area contributed by atoms with Gasteiger partial charge in [0.25, 0.3) is 20.2 Å². The fourth-order valence-corrected chi connectivity index (χ4v) is 8.24. The molecular formula is C46H56N12O6S2. The molecule has 6 N–H and O–H groups in total. The molecule has 0 unspecified atom stereocenters. The predicted molar refractivity (Wildman–Crippen MR) is 261 cm³/mol. The van der Waals surface area contributed by atoms with Crippen LogP contribution in [0, 0.1) is 0 Å². The second-order valence-electron chi connectivity index (χ2n) is 14.9. The highest BCUT2D eigenvalue weighted by molar-refractivity contribution is 7.87. The van der Waals surface area contributed by atoms with Gasteiger partial charge in [0.15, 0.2) is 0 Å². The molecule has 6 rings (SSSR count). The lowest BCUT2D eigenvalue weighted by atomic mass is 10.1. The lowest BCUT2D eigenvalue weighted by Gasteiger charge is -2.14. The first-order valence-electron chi connectivity index (χ1n) is 21.7. The van der Waals surface area contributed by atoms with Gasteiger partial charge in [-0.1, -0.05) is 113 Å². The van der Waals surface area contributed by atoms with Gasteiger partial charge in [0.2, 0.25) is 35.7 Å². The van der Waals surface area contributed by atoms with Gasteiger partial charge in [0.05, 0.1) is 14.2 Å². The van der Waals surface area contributed by atoms with Crippen LogP contribution in [0.15, 0.2) is 107 Å². The molecule has 0 fully saturated rings. The van der Waals surface area contributed by atoms with Gasteiger partial charge in [-0.25, -0.2) is 0 Å². The highest BCUT2D eigenvalue weighted by Crippen LogP contribution is 2.30. The number of rotatable bonds is 26. The van der Waals surface area contributed by atoms with Crippen LogP contribution in [0.4, 0.5) is 58.4 Å². The van der Waals surface area contributed by atoms with E-state index in [1.165, 1.54) is 24.3 Å². The smallest absolute Gasteiger partial charge is 0.297 e. The lowest BCUT2D eigenvalue weighted by Crippen LogP contribution is -2.11. The molecule has 18 nitrogen and oxygen atoms in total. The third-order valence-corrected chi connectivity index (χ3v) is 12.6. The van der Waals surface area contributed by atoms with Crippen LogP contribution in [-0.4, -0.2) is 74.0 Å². The summed E-state index contributed by atoms with van der Waals surface area (Å²) >= 11 is 0. The molecule has 2 aromatic heterocycles. The van der Waals surface area contributed by atoms with Crippen LogP contribution >= 0.6 is 0 Å². The molecule has 66 heavy (non-hydrogen) atoms. The molecule has 0 atom stereocenters. The summed E-state index contributed by atoms with van der Waals surface area (Å²) in [6.45, 7) is 5.61. The van der Waals surface area contributed by atoms with Crippen LogP contribution in [0.2, 0.25) is 0 Å². The highest BCUT2D eigenvalue weighted by Gasteiger charge is 2.21. The number of benzene rings is 4. The first kappa shape index (κ1) is 48.7. The van der Waals surface area contributed by atoms with Gasteiger partial charge in [0, 0.05) is 35.8 Å². The maximum atomic E-state index is 13.4. The quantitative estimate of drug-likeness (QED) is 0.0169. The van der Waals surface area contributed by atoms with E-state index in [2.05, 4.69) is 75.7 Å². The summed E-state index contributed by atoms with van der Waals surface area (Å²) in [6.07, 6.45) is 11.4. The fourth-order valence-electron chi connectivity index (χ4n) is 6.49. The van der Waals surface area contributed by atoms with E-state index in [1.54, 1.807) is 24.3 Å². The number of hydrogen-bond acceptors (Lipinski definition) is 18. The Morgan fingerprint density at radius 1 is 0.439 bits per heavy atom. The van der Waals surface area contributed by atoms with Crippen molar-refractivity contribution in [1.29, 1.82) is 0 Å². The van der Waals surface area contributed by atoms with Crippen LogP contribution in [-0.2, 0) is 28.6 Å². The van der Waals surface area contributed by atoms with Crippen molar-refractivity contribution in [3.8, 4) is 0 Å². The van der Waals surface area contributed by atoms with Gasteiger partial charge < -0.3 is 31.9 Å². The van der Waals surface area contributed by atoms with Crippen LogP contribution in [0.25, 0.3) is 12.2 Å². The Morgan fingerprint density at radius 2 is 0.788 bits per heavy atom. The first-order valence-corrected chi connectivity index (χ1v) is 24.6. The average Bonchev–Trinajstić information content (AvgIpc) is 3.31. The van der Waals surface area contributed by atoms with E-state index in [0.29, 0.717) is 36.4 Å². The van der Waals surface area contributed by atoms with Gasteiger partial charge in [-0.15, -0.1) is 0 Å². The van der Waals surface area contributed by atoms with E-state index in [0.717, 1.165) is 77.0 Å². The number of hydrogen-bond donors (Lipinski definition) is 6. The molecule has 0 amide bonds. The number of nitrogens with one attached hydrogen (secondary N) is 6. The molecule has 0 aliphatic carbocycles. The van der Waals surface area contributed by atoms with Crippen LogP contribution in [0.1, 0.15) is 76.3 Å². The second-order valence-corrected chi connectivity index (χ2v) is 18.3. The van der Waals surface area contributed by atoms with Gasteiger partial charge in [-0.2, -0.15) is 46.7 Å². The topological polar surface area (TPSA) is 236 Å². The maximum absolute atomic E-state index is 13.4. The number of unbranched alkanes of at least 4 members (excludes halogenated alkanes) is 6. The maximum Gasteiger partial charge on any atom is 0.297 e. The molecule has 0 aliphatic rings. The zero-order valence-corrected chi connectivity index (χ0v) is 39.0. The number of anilines is 10. The van der Waals surface area contributed by atoms with E-state index < -0.39 is 20.2 Å². The molecule has 0 saturated heterocycles. The number of aromatic nitrogens is 6. The van der Waals surface area contributed by atoms with E-state index >= 15 is 0 Å². The molecular weight excluding hydrogens is 881 g/mol. The fraction of sp³-hybridized carbons (Fsp3) is 0.304. The minimum atomic E-state index is -4.30. The van der Waals surface area contributed by atoms with E-state index in [4.69, 9.17) is 8.37 Å². The summed E-state index contributed by atoms with van der Waals surface area (Å²) in [5.41, 5.74) is 2.62. The Bertz CT molecular complexity index is 2580. The monoisotopic (exact) mass is 936 g/mol. The predicted octanol–water partition coefficient (Wildman–Crippen LogP) is 9.86. The zero-order chi connectivity index (χ0) is 46.8. The van der Waals surface area contributed by atoms with Crippen molar-refractivity contribution in [2.24, 2.45) is 0 Å². The zero-order valence-electron chi connectivity index (χ0n) is 37.4.